The molecule has 2 atom stereocenters. The fraction of sp³-hybridized carbons (Fsp3) is 0.538. The monoisotopic (exact) mass is 274 g/mol. The molecule has 1 aromatic carbocycles. The second-order valence-corrected chi connectivity index (χ2v) is 4.88. The molecular formula is C13H20ClFN2O. The lowest BCUT2D eigenvalue weighted by Gasteiger charge is -2.29. The minimum atomic E-state index is -0.343. The van der Waals surface area contributed by atoms with E-state index in [1.807, 2.05) is 18.9 Å². The molecule has 2 unspecified atom stereocenters. The largest absolute Gasteiger partial charge is 0.380 e. The van der Waals surface area contributed by atoms with Crippen LogP contribution in [-0.4, -0.2) is 38.3 Å². The summed E-state index contributed by atoms with van der Waals surface area (Å²) in [4.78, 5) is 2.04. The molecule has 0 saturated carbocycles. The molecule has 0 heterocycles. The van der Waals surface area contributed by atoms with Crippen molar-refractivity contribution in [1.29, 1.82) is 0 Å². The average molecular weight is 275 g/mol. The van der Waals surface area contributed by atoms with Crippen LogP contribution in [0.1, 0.15) is 18.5 Å². The van der Waals surface area contributed by atoms with E-state index < -0.39 is 0 Å². The molecule has 0 aliphatic rings. The molecule has 5 heteroatoms. The Morgan fingerprint density at radius 1 is 1.44 bits per heavy atom. The predicted molar refractivity (Wildman–Crippen MR) is 72.3 cm³/mol. The Balaban J connectivity index is 2.87. The summed E-state index contributed by atoms with van der Waals surface area (Å²) >= 11 is 5.86. The summed E-state index contributed by atoms with van der Waals surface area (Å²) in [5.74, 6) is -0.343. The summed E-state index contributed by atoms with van der Waals surface area (Å²) in [5, 5.41) is 0.386. The fourth-order valence-corrected chi connectivity index (χ4v) is 2.18. The Morgan fingerprint density at radius 3 is 2.61 bits per heavy atom. The van der Waals surface area contributed by atoms with Gasteiger partial charge in [0.05, 0.1) is 6.10 Å². The smallest absolute Gasteiger partial charge is 0.125 e. The van der Waals surface area contributed by atoms with Crippen molar-refractivity contribution in [2.75, 3.05) is 27.2 Å². The predicted octanol–water partition coefficient (Wildman–Crippen LogP) is 2.45. The second-order valence-electron chi connectivity index (χ2n) is 4.44. The van der Waals surface area contributed by atoms with Crippen molar-refractivity contribution < 1.29 is 9.13 Å². The van der Waals surface area contributed by atoms with E-state index in [1.54, 1.807) is 13.2 Å². The quantitative estimate of drug-likeness (QED) is 0.866. The van der Waals surface area contributed by atoms with Crippen LogP contribution < -0.4 is 5.73 Å². The number of nitrogens with zero attached hydrogens (tertiary/aromatic N) is 1. The van der Waals surface area contributed by atoms with Gasteiger partial charge in [0.2, 0.25) is 0 Å². The van der Waals surface area contributed by atoms with Crippen LogP contribution in [-0.2, 0) is 4.74 Å². The van der Waals surface area contributed by atoms with Gasteiger partial charge in [-0.1, -0.05) is 11.6 Å². The summed E-state index contributed by atoms with van der Waals surface area (Å²) in [7, 11) is 3.60. The molecular weight excluding hydrogens is 255 g/mol. The first-order valence-electron chi connectivity index (χ1n) is 5.87. The van der Waals surface area contributed by atoms with Gasteiger partial charge in [-0.2, -0.15) is 0 Å². The Morgan fingerprint density at radius 2 is 2.11 bits per heavy atom. The van der Waals surface area contributed by atoms with Gasteiger partial charge in [0.25, 0.3) is 0 Å². The maximum atomic E-state index is 13.3. The number of hydrogen-bond acceptors (Lipinski definition) is 3. The molecule has 0 radical (unpaired) electrons. The van der Waals surface area contributed by atoms with Gasteiger partial charge in [-0.3, -0.25) is 4.90 Å². The summed E-state index contributed by atoms with van der Waals surface area (Å²) in [6.07, 6.45) is 0.0908. The van der Waals surface area contributed by atoms with Crippen LogP contribution in [0.3, 0.4) is 0 Å². The molecule has 0 amide bonds. The van der Waals surface area contributed by atoms with Crippen molar-refractivity contribution in [2.45, 2.75) is 19.1 Å². The molecule has 0 saturated heterocycles. The van der Waals surface area contributed by atoms with Gasteiger partial charge in [-0.05, 0) is 37.7 Å². The van der Waals surface area contributed by atoms with Crippen LogP contribution in [0.15, 0.2) is 18.2 Å². The second kappa shape index (κ2) is 7.04. The van der Waals surface area contributed by atoms with Crippen LogP contribution in [0, 0.1) is 5.82 Å². The molecule has 1 rings (SSSR count). The van der Waals surface area contributed by atoms with E-state index in [-0.39, 0.29) is 18.0 Å². The van der Waals surface area contributed by atoms with Gasteiger partial charge >= 0.3 is 0 Å². The van der Waals surface area contributed by atoms with E-state index in [9.17, 15) is 4.39 Å². The van der Waals surface area contributed by atoms with E-state index >= 15 is 0 Å². The van der Waals surface area contributed by atoms with Gasteiger partial charge < -0.3 is 10.5 Å². The lowest BCUT2D eigenvalue weighted by Crippen LogP contribution is -2.36. The van der Waals surface area contributed by atoms with Crippen molar-refractivity contribution in [3.63, 3.8) is 0 Å². The zero-order valence-electron chi connectivity index (χ0n) is 11.0. The van der Waals surface area contributed by atoms with Gasteiger partial charge in [-0.15, -0.1) is 0 Å². The molecule has 0 aliphatic heterocycles. The topological polar surface area (TPSA) is 38.5 Å². The maximum Gasteiger partial charge on any atom is 0.125 e. The van der Waals surface area contributed by atoms with Gasteiger partial charge in [0.1, 0.15) is 5.82 Å². The van der Waals surface area contributed by atoms with Gasteiger partial charge in [0, 0.05) is 31.3 Å². The normalized spacial score (nSPS) is 14.8. The number of nitrogens with two attached hydrogens (primary N) is 1. The Bertz CT molecular complexity index is 369. The first kappa shape index (κ1) is 15.4. The Labute approximate surface area is 113 Å². The minimum Gasteiger partial charge on any atom is -0.380 e. The van der Waals surface area contributed by atoms with Crippen molar-refractivity contribution >= 4 is 11.6 Å². The molecule has 1 aromatic rings. The van der Waals surface area contributed by atoms with Gasteiger partial charge in [0.15, 0.2) is 0 Å². The number of halogens is 2. The highest BCUT2D eigenvalue weighted by molar-refractivity contribution is 6.30. The summed E-state index contributed by atoms with van der Waals surface area (Å²) < 4.78 is 18.6. The van der Waals surface area contributed by atoms with Crippen molar-refractivity contribution in [3.05, 3.63) is 34.6 Å². The first-order valence-corrected chi connectivity index (χ1v) is 6.24. The molecule has 0 aliphatic carbocycles. The number of likely N-dealkylation sites (N-methyl/N-ethyl adjacent to an activating group) is 1. The Kier molecular flexibility index (Phi) is 6.02. The molecule has 0 spiro atoms. The summed E-state index contributed by atoms with van der Waals surface area (Å²) in [6, 6.07) is 4.43. The maximum absolute atomic E-state index is 13.3. The Hall–Kier alpha value is -0.680. The standard InChI is InChI=1S/C13H20ClFN2O/c1-9(18-3)8-17(2)13(7-16)10-4-11(14)6-12(15)5-10/h4-6,9,13H,7-8,16H2,1-3H3. The van der Waals surface area contributed by atoms with Crippen molar-refractivity contribution in [3.8, 4) is 0 Å². The van der Waals surface area contributed by atoms with E-state index in [0.29, 0.717) is 18.1 Å². The fourth-order valence-electron chi connectivity index (χ4n) is 1.95. The van der Waals surface area contributed by atoms with Crippen LogP contribution in [0.2, 0.25) is 5.02 Å². The van der Waals surface area contributed by atoms with Crippen molar-refractivity contribution in [1.82, 2.24) is 4.90 Å². The van der Waals surface area contributed by atoms with Crippen LogP contribution in [0.25, 0.3) is 0 Å². The molecule has 2 N–H and O–H groups in total. The SMILES string of the molecule is COC(C)CN(C)C(CN)c1cc(F)cc(Cl)c1. The van der Waals surface area contributed by atoms with Crippen LogP contribution >= 0.6 is 11.6 Å². The van der Waals surface area contributed by atoms with E-state index in [2.05, 4.69) is 0 Å². The lowest BCUT2D eigenvalue weighted by atomic mass is 10.1. The van der Waals surface area contributed by atoms with E-state index in [4.69, 9.17) is 22.1 Å². The number of ether oxygens (including phenoxy) is 1. The van der Waals surface area contributed by atoms with E-state index in [1.165, 1.54) is 12.1 Å². The summed E-state index contributed by atoms with van der Waals surface area (Å²) in [6.45, 7) is 3.09. The third-order valence-electron chi connectivity index (χ3n) is 2.97. The van der Waals surface area contributed by atoms with Gasteiger partial charge in [-0.25, -0.2) is 4.39 Å². The van der Waals surface area contributed by atoms with Crippen molar-refractivity contribution in [2.24, 2.45) is 5.73 Å². The number of methoxy groups -OCH3 is 1. The van der Waals surface area contributed by atoms with Crippen LogP contribution in [0.4, 0.5) is 4.39 Å². The average Bonchev–Trinajstić information content (AvgIpc) is 2.28. The number of benzene rings is 1. The first-order chi connectivity index (χ1) is 8.47. The highest BCUT2D eigenvalue weighted by Gasteiger charge is 2.18. The summed E-state index contributed by atoms with van der Waals surface area (Å²) in [5.41, 5.74) is 6.56. The molecule has 0 bridgehead atoms. The molecule has 0 fully saturated rings. The molecule has 3 nitrogen and oxygen atoms in total. The number of hydrogen-bond donors (Lipinski definition) is 1. The highest BCUT2D eigenvalue weighted by Crippen LogP contribution is 2.23. The molecule has 18 heavy (non-hydrogen) atoms. The zero-order valence-corrected chi connectivity index (χ0v) is 11.7. The van der Waals surface area contributed by atoms with Crippen LogP contribution in [0.5, 0.6) is 0 Å². The lowest BCUT2D eigenvalue weighted by molar-refractivity contribution is 0.0724. The van der Waals surface area contributed by atoms with E-state index in [0.717, 1.165) is 5.56 Å². The zero-order chi connectivity index (χ0) is 13.7. The highest BCUT2D eigenvalue weighted by atomic mass is 35.5. The molecule has 0 aromatic heterocycles. The number of rotatable bonds is 6. The third-order valence-corrected chi connectivity index (χ3v) is 3.19. The minimum absolute atomic E-state index is 0.0733. The molecule has 102 valence electrons. The third kappa shape index (κ3) is 4.21.